The summed E-state index contributed by atoms with van der Waals surface area (Å²) in [5.74, 6) is -0.408. The van der Waals surface area contributed by atoms with Crippen molar-refractivity contribution in [3.05, 3.63) is 107 Å². The second-order valence-electron chi connectivity index (χ2n) is 5.90. The lowest BCUT2D eigenvalue weighted by Gasteiger charge is -2.18. The highest BCUT2D eigenvalue weighted by Crippen LogP contribution is 2.25. The number of rotatable bonds is 6. The minimum absolute atomic E-state index is 0.0349. The van der Waals surface area contributed by atoms with Crippen molar-refractivity contribution in [3.63, 3.8) is 0 Å². The Morgan fingerprint density at radius 1 is 0.760 bits per heavy atom. The van der Waals surface area contributed by atoms with Gasteiger partial charge in [0.2, 0.25) is 5.91 Å². The smallest absolute Gasteiger partial charge is 0.232 e. The molecule has 3 nitrogen and oxygen atoms in total. The monoisotopic (exact) mass is 331 g/mol. The maximum absolute atomic E-state index is 12.9. The fourth-order valence-corrected chi connectivity index (χ4v) is 2.95. The third kappa shape index (κ3) is 4.14. The summed E-state index contributed by atoms with van der Waals surface area (Å²) in [5.41, 5.74) is 3.68. The number of benzene rings is 3. The first-order valence-corrected chi connectivity index (χ1v) is 8.35. The van der Waals surface area contributed by atoms with Gasteiger partial charge in [0.15, 0.2) is 0 Å². The second kappa shape index (κ2) is 8.27. The van der Waals surface area contributed by atoms with Crippen LogP contribution in [0.25, 0.3) is 0 Å². The zero-order valence-electron chi connectivity index (χ0n) is 13.9. The first-order valence-electron chi connectivity index (χ1n) is 8.35. The van der Waals surface area contributed by atoms with Gasteiger partial charge in [-0.25, -0.2) is 0 Å². The molecule has 2 N–H and O–H groups in total. The van der Waals surface area contributed by atoms with Crippen LogP contribution in [0.5, 0.6) is 0 Å². The summed E-state index contributed by atoms with van der Waals surface area (Å²) in [7, 11) is 0. The van der Waals surface area contributed by atoms with Crippen molar-refractivity contribution < 1.29 is 9.90 Å². The number of carbonyl (C=O) groups is 1. The normalized spacial score (nSPS) is 10.6. The van der Waals surface area contributed by atoms with Gasteiger partial charge in [0, 0.05) is 6.54 Å². The summed E-state index contributed by atoms with van der Waals surface area (Å²) in [5, 5.41) is 12.5. The molecule has 0 aliphatic heterocycles. The van der Waals surface area contributed by atoms with Gasteiger partial charge in [0.05, 0.1) is 12.5 Å². The molecule has 0 aromatic heterocycles. The molecule has 0 heterocycles. The van der Waals surface area contributed by atoms with Crippen LogP contribution in [0, 0.1) is 0 Å². The third-order valence-electron chi connectivity index (χ3n) is 4.27. The predicted molar refractivity (Wildman–Crippen MR) is 98.9 cm³/mol. The summed E-state index contributed by atoms with van der Waals surface area (Å²) in [6.07, 6.45) is 0. The molecule has 0 unspecified atom stereocenters. The Hall–Kier alpha value is -2.91. The van der Waals surface area contributed by atoms with Crippen molar-refractivity contribution in [1.29, 1.82) is 0 Å². The Morgan fingerprint density at radius 3 is 1.76 bits per heavy atom. The molecular formula is C22H21NO2. The van der Waals surface area contributed by atoms with Gasteiger partial charge in [0.1, 0.15) is 0 Å². The quantitative estimate of drug-likeness (QED) is 0.725. The van der Waals surface area contributed by atoms with Crippen molar-refractivity contribution in [2.75, 3.05) is 0 Å². The zero-order chi connectivity index (χ0) is 17.5. The van der Waals surface area contributed by atoms with E-state index in [0.717, 1.165) is 22.3 Å². The van der Waals surface area contributed by atoms with Crippen LogP contribution in [0.1, 0.15) is 28.2 Å². The van der Waals surface area contributed by atoms with E-state index in [1.165, 1.54) is 0 Å². The maximum atomic E-state index is 12.9. The van der Waals surface area contributed by atoms with Crippen molar-refractivity contribution >= 4 is 5.91 Å². The van der Waals surface area contributed by atoms with E-state index in [-0.39, 0.29) is 18.4 Å². The molecule has 0 aliphatic carbocycles. The Balaban J connectivity index is 1.83. The molecule has 0 aliphatic rings. The standard InChI is InChI=1S/C22H21NO2/c24-16-20-14-8-7-13-19(20)15-23-22(25)21(17-9-3-1-4-10-17)18-11-5-2-6-12-18/h1-14,21,24H,15-16H2,(H,23,25). The van der Waals surface area contributed by atoms with Crippen LogP contribution in [0.15, 0.2) is 84.9 Å². The summed E-state index contributed by atoms with van der Waals surface area (Å²) in [6, 6.07) is 27.1. The van der Waals surface area contributed by atoms with Crippen LogP contribution in [0.2, 0.25) is 0 Å². The average Bonchev–Trinajstić information content (AvgIpc) is 2.68. The fraction of sp³-hybridized carbons (Fsp3) is 0.136. The summed E-state index contributed by atoms with van der Waals surface area (Å²) in [6.45, 7) is 0.360. The molecule has 3 aromatic carbocycles. The van der Waals surface area contributed by atoms with Crippen molar-refractivity contribution in [3.8, 4) is 0 Å². The maximum Gasteiger partial charge on any atom is 0.232 e. The van der Waals surface area contributed by atoms with Gasteiger partial charge < -0.3 is 10.4 Å². The summed E-state index contributed by atoms with van der Waals surface area (Å²) in [4.78, 5) is 12.9. The van der Waals surface area contributed by atoms with E-state index in [1.807, 2.05) is 84.9 Å². The highest BCUT2D eigenvalue weighted by molar-refractivity contribution is 5.87. The van der Waals surface area contributed by atoms with E-state index < -0.39 is 0 Å². The summed E-state index contributed by atoms with van der Waals surface area (Å²) < 4.78 is 0. The molecule has 25 heavy (non-hydrogen) atoms. The van der Waals surface area contributed by atoms with Gasteiger partial charge in [-0.3, -0.25) is 4.79 Å². The van der Waals surface area contributed by atoms with Crippen LogP contribution in [-0.4, -0.2) is 11.0 Å². The van der Waals surface area contributed by atoms with Crippen LogP contribution in [0.3, 0.4) is 0 Å². The lowest BCUT2D eigenvalue weighted by Crippen LogP contribution is -2.30. The molecule has 0 saturated carbocycles. The van der Waals surface area contributed by atoms with Crippen LogP contribution in [0.4, 0.5) is 0 Å². The van der Waals surface area contributed by atoms with Crippen molar-refractivity contribution in [2.24, 2.45) is 0 Å². The van der Waals surface area contributed by atoms with E-state index >= 15 is 0 Å². The van der Waals surface area contributed by atoms with E-state index in [1.54, 1.807) is 0 Å². The van der Waals surface area contributed by atoms with Gasteiger partial charge in [-0.2, -0.15) is 0 Å². The first kappa shape index (κ1) is 16.9. The Morgan fingerprint density at radius 2 is 1.24 bits per heavy atom. The molecular weight excluding hydrogens is 310 g/mol. The number of aliphatic hydroxyl groups is 1. The molecule has 3 aromatic rings. The number of carbonyl (C=O) groups excluding carboxylic acids is 1. The minimum atomic E-state index is -0.358. The Bertz CT molecular complexity index is 776. The molecule has 126 valence electrons. The molecule has 3 rings (SSSR count). The summed E-state index contributed by atoms with van der Waals surface area (Å²) >= 11 is 0. The molecule has 0 spiro atoms. The number of aliphatic hydroxyl groups excluding tert-OH is 1. The lowest BCUT2D eigenvalue weighted by atomic mass is 9.90. The Labute approximate surface area is 148 Å². The SMILES string of the molecule is O=C(NCc1ccccc1CO)C(c1ccccc1)c1ccccc1. The van der Waals surface area contributed by atoms with E-state index in [0.29, 0.717) is 6.54 Å². The number of nitrogens with one attached hydrogen (secondary N) is 1. The largest absolute Gasteiger partial charge is 0.392 e. The highest BCUT2D eigenvalue weighted by atomic mass is 16.3. The van der Waals surface area contributed by atoms with Gasteiger partial charge in [-0.05, 0) is 22.3 Å². The van der Waals surface area contributed by atoms with E-state index in [2.05, 4.69) is 5.32 Å². The zero-order valence-corrected chi connectivity index (χ0v) is 13.9. The first-order chi connectivity index (χ1) is 12.3. The topological polar surface area (TPSA) is 49.3 Å². The molecule has 3 heteroatoms. The van der Waals surface area contributed by atoms with Crippen molar-refractivity contribution in [2.45, 2.75) is 19.1 Å². The van der Waals surface area contributed by atoms with Crippen LogP contribution in [-0.2, 0) is 17.9 Å². The molecule has 1 amide bonds. The predicted octanol–water partition coefficient (Wildman–Crippen LogP) is 3.63. The highest BCUT2D eigenvalue weighted by Gasteiger charge is 2.22. The van der Waals surface area contributed by atoms with Crippen molar-refractivity contribution in [1.82, 2.24) is 5.32 Å². The van der Waals surface area contributed by atoms with E-state index in [4.69, 9.17) is 0 Å². The second-order valence-corrected chi connectivity index (χ2v) is 5.90. The Kier molecular flexibility index (Phi) is 5.60. The van der Waals surface area contributed by atoms with Gasteiger partial charge in [-0.1, -0.05) is 84.9 Å². The van der Waals surface area contributed by atoms with Gasteiger partial charge in [0.25, 0.3) is 0 Å². The number of amides is 1. The molecule has 0 saturated heterocycles. The lowest BCUT2D eigenvalue weighted by molar-refractivity contribution is -0.121. The number of hydrogen-bond donors (Lipinski definition) is 2. The minimum Gasteiger partial charge on any atom is -0.392 e. The van der Waals surface area contributed by atoms with Crippen LogP contribution < -0.4 is 5.32 Å². The molecule has 0 bridgehead atoms. The van der Waals surface area contributed by atoms with Gasteiger partial charge in [-0.15, -0.1) is 0 Å². The van der Waals surface area contributed by atoms with Gasteiger partial charge >= 0.3 is 0 Å². The fourth-order valence-electron chi connectivity index (χ4n) is 2.95. The number of hydrogen-bond acceptors (Lipinski definition) is 2. The molecule has 0 radical (unpaired) electrons. The molecule has 0 fully saturated rings. The average molecular weight is 331 g/mol. The molecule has 0 atom stereocenters. The van der Waals surface area contributed by atoms with E-state index in [9.17, 15) is 9.90 Å². The third-order valence-corrected chi connectivity index (χ3v) is 4.27. The van der Waals surface area contributed by atoms with Crippen LogP contribution >= 0.6 is 0 Å².